The van der Waals surface area contributed by atoms with E-state index >= 15 is 0 Å². The van der Waals surface area contributed by atoms with Crippen LogP contribution in [0.4, 0.5) is 0 Å². The minimum atomic E-state index is 0.579. The lowest BCUT2D eigenvalue weighted by atomic mass is 10.0. The highest BCUT2D eigenvalue weighted by molar-refractivity contribution is 6.16. The maximum absolute atomic E-state index is 6.40. The van der Waals surface area contributed by atoms with Crippen molar-refractivity contribution in [2.24, 2.45) is 0 Å². The summed E-state index contributed by atoms with van der Waals surface area (Å²) in [7, 11) is 0. The minimum Gasteiger partial charge on any atom is -0.456 e. The van der Waals surface area contributed by atoms with Crippen LogP contribution in [0.25, 0.3) is 112 Å². The Morgan fingerprint density at radius 2 is 0.518 bits per heavy atom. The van der Waals surface area contributed by atoms with Crippen molar-refractivity contribution in [2.75, 3.05) is 0 Å². The number of benzene rings is 7. The predicted octanol–water partition coefficient (Wildman–Crippen LogP) is 11.9. The summed E-state index contributed by atoms with van der Waals surface area (Å²) in [6, 6.07) is 56.2. The lowest BCUT2D eigenvalue weighted by Crippen LogP contribution is -2.00. The molecule has 0 spiro atoms. The van der Waals surface area contributed by atoms with Crippen LogP contribution < -0.4 is 0 Å². The molecule has 0 N–H and O–H groups in total. The number of hydrogen-bond acceptors (Lipinski definition) is 8. The zero-order chi connectivity index (χ0) is 37.0. The average molecular weight is 721 g/mol. The Bertz CT molecular complexity index is 2910. The highest BCUT2D eigenvalue weighted by Gasteiger charge is 2.18. The highest BCUT2D eigenvalue weighted by atomic mass is 16.3. The summed E-state index contributed by atoms with van der Waals surface area (Å²) in [6.45, 7) is 0. The number of furan rings is 2. The van der Waals surface area contributed by atoms with Crippen LogP contribution in [0.2, 0.25) is 0 Å². The molecular formula is C48H28N6O2. The number of hydrogen-bond donors (Lipinski definition) is 0. The van der Waals surface area contributed by atoms with Gasteiger partial charge in [0.2, 0.25) is 0 Å². The van der Waals surface area contributed by atoms with Gasteiger partial charge in [-0.05, 0) is 42.5 Å². The van der Waals surface area contributed by atoms with E-state index in [4.69, 9.17) is 38.7 Å². The van der Waals surface area contributed by atoms with E-state index in [1.165, 1.54) is 0 Å². The van der Waals surface area contributed by atoms with Crippen molar-refractivity contribution >= 4 is 43.9 Å². The normalized spacial score (nSPS) is 11.6. The van der Waals surface area contributed by atoms with E-state index in [1.807, 2.05) is 152 Å². The third-order valence-corrected chi connectivity index (χ3v) is 9.98. The van der Waals surface area contributed by atoms with Gasteiger partial charge in [0.1, 0.15) is 22.3 Å². The molecule has 56 heavy (non-hydrogen) atoms. The maximum atomic E-state index is 6.40. The van der Waals surface area contributed by atoms with Gasteiger partial charge in [0.05, 0.1) is 0 Å². The molecule has 7 aromatic carbocycles. The fraction of sp³-hybridized carbons (Fsp3) is 0. The molecule has 0 atom stereocenters. The van der Waals surface area contributed by atoms with Gasteiger partial charge in [-0.3, -0.25) is 0 Å². The monoisotopic (exact) mass is 720 g/mol. The molecule has 0 unspecified atom stereocenters. The maximum Gasteiger partial charge on any atom is 0.164 e. The van der Waals surface area contributed by atoms with Gasteiger partial charge in [0.25, 0.3) is 0 Å². The van der Waals surface area contributed by atoms with Gasteiger partial charge >= 0.3 is 0 Å². The van der Waals surface area contributed by atoms with Gasteiger partial charge in [-0.15, -0.1) is 0 Å². The molecular weight excluding hydrogens is 693 g/mol. The van der Waals surface area contributed by atoms with Crippen LogP contribution in [0.15, 0.2) is 179 Å². The molecule has 0 aliphatic rings. The smallest absolute Gasteiger partial charge is 0.164 e. The molecule has 0 bridgehead atoms. The average Bonchev–Trinajstić information content (AvgIpc) is 3.82. The molecule has 0 saturated carbocycles. The van der Waals surface area contributed by atoms with E-state index in [0.29, 0.717) is 34.9 Å². The van der Waals surface area contributed by atoms with Crippen LogP contribution in [-0.2, 0) is 0 Å². The molecule has 8 heteroatoms. The quantitative estimate of drug-likeness (QED) is 0.167. The third kappa shape index (κ3) is 5.56. The zero-order valence-electron chi connectivity index (χ0n) is 29.7. The highest BCUT2D eigenvalue weighted by Crippen LogP contribution is 2.39. The zero-order valence-corrected chi connectivity index (χ0v) is 29.7. The van der Waals surface area contributed by atoms with E-state index < -0.39 is 0 Å². The van der Waals surface area contributed by atoms with Crippen LogP contribution in [0.3, 0.4) is 0 Å². The van der Waals surface area contributed by atoms with Gasteiger partial charge in [-0.25, -0.2) is 29.9 Å². The fourth-order valence-electron chi connectivity index (χ4n) is 7.20. The lowest BCUT2D eigenvalue weighted by molar-refractivity contribution is 0.656. The second-order valence-electron chi connectivity index (χ2n) is 13.5. The molecule has 0 aliphatic carbocycles. The number of nitrogens with zero attached hydrogens (tertiary/aromatic N) is 6. The fourth-order valence-corrected chi connectivity index (χ4v) is 7.20. The summed E-state index contributed by atoms with van der Waals surface area (Å²) in [5.74, 6) is 3.60. The first-order valence-corrected chi connectivity index (χ1v) is 18.3. The third-order valence-electron chi connectivity index (χ3n) is 9.98. The molecule has 0 fully saturated rings. The Morgan fingerprint density at radius 3 is 0.839 bits per heavy atom. The standard InChI is InChI=1S/C48H28N6O2/c1-5-13-29(14-6-1)43-49-44(30-15-7-2-8-16-30)52-47(51-43)33-21-23-39-35(25-33)37-27-38-36-26-34(22-24-40(36)56-42(38)28-41(37)55-39)48-53-45(31-17-9-3-10-18-31)50-46(54-48)32-19-11-4-12-20-32/h1-28H. The summed E-state index contributed by atoms with van der Waals surface area (Å²) in [5, 5.41) is 3.82. The van der Waals surface area contributed by atoms with E-state index in [0.717, 1.165) is 77.3 Å². The lowest BCUT2D eigenvalue weighted by Gasteiger charge is -2.08. The first kappa shape index (κ1) is 31.7. The largest absolute Gasteiger partial charge is 0.456 e. The molecule has 262 valence electrons. The minimum absolute atomic E-state index is 0.579. The van der Waals surface area contributed by atoms with Gasteiger partial charge in [0, 0.05) is 61.0 Å². The van der Waals surface area contributed by atoms with Gasteiger partial charge in [-0.2, -0.15) is 0 Å². The molecule has 0 aliphatic heterocycles. The predicted molar refractivity (Wildman–Crippen MR) is 220 cm³/mol. The summed E-state index contributed by atoms with van der Waals surface area (Å²) in [6.07, 6.45) is 0. The molecule has 0 saturated heterocycles. The Balaban J connectivity index is 1.05. The molecule has 11 aromatic rings. The van der Waals surface area contributed by atoms with Crippen molar-refractivity contribution in [2.45, 2.75) is 0 Å². The van der Waals surface area contributed by atoms with Crippen LogP contribution in [0, 0.1) is 0 Å². The van der Waals surface area contributed by atoms with Crippen molar-refractivity contribution in [1.29, 1.82) is 0 Å². The Labute approximate surface area is 319 Å². The molecule has 0 amide bonds. The summed E-state index contributed by atoms with van der Waals surface area (Å²) in [4.78, 5) is 29.6. The van der Waals surface area contributed by atoms with Crippen molar-refractivity contribution in [3.05, 3.63) is 170 Å². The van der Waals surface area contributed by atoms with Gasteiger partial charge in [0.15, 0.2) is 34.9 Å². The molecule has 11 rings (SSSR count). The Morgan fingerprint density at radius 1 is 0.232 bits per heavy atom. The van der Waals surface area contributed by atoms with E-state index in [9.17, 15) is 0 Å². The first-order chi connectivity index (χ1) is 27.7. The molecule has 4 heterocycles. The summed E-state index contributed by atoms with van der Waals surface area (Å²) >= 11 is 0. The number of rotatable bonds is 6. The van der Waals surface area contributed by atoms with Crippen LogP contribution in [0.5, 0.6) is 0 Å². The van der Waals surface area contributed by atoms with Crippen LogP contribution in [0.1, 0.15) is 0 Å². The van der Waals surface area contributed by atoms with E-state index in [-0.39, 0.29) is 0 Å². The van der Waals surface area contributed by atoms with Crippen molar-refractivity contribution in [3.8, 4) is 68.3 Å². The van der Waals surface area contributed by atoms with Crippen LogP contribution >= 0.6 is 0 Å². The second kappa shape index (κ2) is 12.9. The Hall–Kier alpha value is -7.84. The summed E-state index contributed by atoms with van der Waals surface area (Å²) in [5.41, 5.74) is 8.36. The molecule has 4 aromatic heterocycles. The molecule has 8 nitrogen and oxygen atoms in total. The second-order valence-corrected chi connectivity index (χ2v) is 13.5. The van der Waals surface area contributed by atoms with Gasteiger partial charge in [-0.1, -0.05) is 121 Å². The van der Waals surface area contributed by atoms with Crippen molar-refractivity contribution in [1.82, 2.24) is 29.9 Å². The summed E-state index contributed by atoms with van der Waals surface area (Å²) < 4.78 is 12.8. The Kier molecular flexibility index (Phi) is 7.31. The first-order valence-electron chi connectivity index (χ1n) is 18.3. The SMILES string of the molecule is c1ccc(-c2nc(-c3ccccc3)nc(-c3ccc4oc5cc6oc7ccc(-c8nc(-c9ccccc9)nc(-c9ccccc9)n8)cc7c6cc5c4c3)n2)cc1. The topological polar surface area (TPSA) is 104 Å². The van der Waals surface area contributed by atoms with Gasteiger partial charge < -0.3 is 8.83 Å². The molecule has 0 radical (unpaired) electrons. The van der Waals surface area contributed by atoms with Crippen LogP contribution in [-0.4, -0.2) is 29.9 Å². The number of fused-ring (bicyclic) bond motifs is 6. The van der Waals surface area contributed by atoms with Crippen molar-refractivity contribution < 1.29 is 8.83 Å². The van der Waals surface area contributed by atoms with E-state index in [1.54, 1.807) is 0 Å². The van der Waals surface area contributed by atoms with E-state index in [2.05, 4.69) is 18.2 Å². The number of aromatic nitrogens is 6. The van der Waals surface area contributed by atoms with Crippen molar-refractivity contribution in [3.63, 3.8) is 0 Å².